The molecule has 7 nitrogen and oxygen atoms in total. The van der Waals surface area contributed by atoms with Gasteiger partial charge in [0.2, 0.25) is 11.8 Å². The maximum Gasteiger partial charge on any atom is 0.417 e. The molecular weight excluding hydrogens is 521 g/mol. The van der Waals surface area contributed by atoms with E-state index in [4.69, 9.17) is 9.72 Å². The van der Waals surface area contributed by atoms with Gasteiger partial charge in [0.25, 0.3) is 0 Å². The van der Waals surface area contributed by atoms with Gasteiger partial charge in [-0.15, -0.1) is 0 Å². The molecule has 1 aromatic carbocycles. The summed E-state index contributed by atoms with van der Waals surface area (Å²) in [4.78, 5) is 33.5. The molecule has 2 aromatic heterocycles. The summed E-state index contributed by atoms with van der Waals surface area (Å²) in [6.45, 7) is 5.42. The maximum absolute atomic E-state index is 14.0. The van der Waals surface area contributed by atoms with Crippen molar-refractivity contribution in [1.82, 2.24) is 19.6 Å². The first kappa shape index (κ1) is 28.1. The highest BCUT2D eigenvalue weighted by atomic mass is 19.4. The molecule has 4 heterocycles. The number of hydrogen-bond acceptors (Lipinski definition) is 4. The molecule has 40 heavy (non-hydrogen) atoms. The standard InChI is InChI=1S/C30H35F3N4O3/c1-3-19(2)28(38)35-26(20-12-16-40-17-13-20)29(39)37-15-7-11-25(37)24-18-36-14-6-9-22(27(36)34-24)21-8-4-5-10-23(21)30(31,32)33/h4-6,8-10,14,18-20,25-26H,3,7,11-13,15-17H2,1-2H3,(H,35,38)/t19-,25+,26+/m1/s1. The smallest absolute Gasteiger partial charge is 0.381 e. The van der Waals surface area contributed by atoms with E-state index in [1.807, 2.05) is 13.8 Å². The number of alkyl halides is 3. The van der Waals surface area contributed by atoms with Crippen molar-refractivity contribution in [2.75, 3.05) is 19.8 Å². The minimum absolute atomic E-state index is 0.0259. The second-order valence-electron chi connectivity index (χ2n) is 10.8. The zero-order chi connectivity index (χ0) is 28.4. The van der Waals surface area contributed by atoms with Crippen LogP contribution in [0.2, 0.25) is 0 Å². The summed E-state index contributed by atoms with van der Waals surface area (Å²) in [5, 5.41) is 3.05. The van der Waals surface area contributed by atoms with Crippen LogP contribution in [0.4, 0.5) is 13.2 Å². The number of pyridine rings is 1. The third kappa shape index (κ3) is 5.59. The van der Waals surface area contributed by atoms with Gasteiger partial charge in [0.1, 0.15) is 11.7 Å². The topological polar surface area (TPSA) is 75.9 Å². The first-order valence-corrected chi connectivity index (χ1v) is 14.0. The predicted octanol–water partition coefficient (Wildman–Crippen LogP) is 5.64. The molecule has 0 saturated carbocycles. The van der Waals surface area contributed by atoms with E-state index in [0.717, 1.165) is 12.5 Å². The highest BCUT2D eigenvalue weighted by Crippen LogP contribution is 2.39. The molecule has 1 N–H and O–H groups in total. The van der Waals surface area contributed by atoms with E-state index >= 15 is 0 Å². The Hall–Kier alpha value is -3.40. The summed E-state index contributed by atoms with van der Waals surface area (Å²) in [5.41, 5.74) is 0.742. The van der Waals surface area contributed by atoms with Crippen LogP contribution in [0, 0.1) is 11.8 Å². The molecule has 2 aliphatic heterocycles. The van der Waals surface area contributed by atoms with Crippen LogP contribution in [0.15, 0.2) is 48.8 Å². The van der Waals surface area contributed by atoms with Gasteiger partial charge in [-0.2, -0.15) is 13.2 Å². The van der Waals surface area contributed by atoms with Crippen LogP contribution < -0.4 is 5.32 Å². The average molecular weight is 557 g/mol. The number of imidazole rings is 1. The van der Waals surface area contributed by atoms with Crippen molar-refractivity contribution in [3.8, 4) is 11.1 Å². The van der Waals surface area contributed by atoms with Gasteiger partial charge in [-0.25, -0.2) is 4.98 Å². The van der Waals surface area contributed by atoms with Crippen molar-refractivity contribution in [2.24, 2.45) is 11.8 Å². The van der Waals surface area contributed by atoms with E-state index in [9.17, 15) is 22.8 Å². The number of carbonyl (C=O) groups excluding carboxylic acids is 2. The number of nitrogens with one attached hydrogen (secondary N) is 1. The molecule has 2 amide bonds. The van der Waals surface area contributed by atoms with E-state index < -0.39 is 17.8 Å². The van der Waals surface area contributed by atoms with Crippen molar-refractivity contribution in [1.29, 1.82) is 0 Å². The average Bonchev–Trinajstić information content (AvgIpc) is 3.62. The number of likely N-dealkylation sites (tertiary alicyclic amines) is 1. The molecule has 0 bridgehead atoms. The lowest BCUT2D eigenvalue weighted by molar-refractivity contribution is -0.140. The van der Waals surface area contributed by atoms with Crippen molar-refractivity contribution >= 4 is 17.5 Å². The lowest BCUT2D eigenvalue weighted by Crippen LogP contribution is -2.54. The third-order valence-electron chi connectivity index (χ3n) is 8.26. The number of ether oxygens (including phenoxy) is 1. The first-order valence-electron chi connectivity index (χ1n) is 14.0. The van der Waals surface area contributed by atoms with E-state index in [0.29, 0.717) is 62.3 Å². The highest BCUT2D eigenvalue weighted by Gasteiger charge is 2.40. The lowest BCUT2D eigenvalue weighted by Gasteiger charge is -2.35. The summed E-state index contributed by atoms with van der Waals surface area (Å²) in [5.74, 6) is -0.502. The molecular formula is C30H35F3N4O3. The molecule has 0 radical (unpaired) electrons. The van der Waals surface area contributed by atoms with Gasteiger partial charge in [-0.05, 0) is 61.8 Å². The van der Waals surface area contributed by atoms with Crippen molar-refractivity contribution in [3.63, 3.8) is 0 Å². The van der Waals surface area contributed by atoms with Gasteiger partial charge in [-0.1, -0.05) is 32.0 Å². The number of aromatic nitrogens is 2. The SMILES string of the molecule is CC[C@@H](C)C(=O)N[C@H](C(=O)N1CCC[C@H]1c1cn2cccc(-c3ccccc3C(F)(F)F)c2n1)C1CCOCC1. The number of halogens is 3. The molecule has 0 aliphatic carbocycles. The van der Waals surface area contributed by atoms with E-state index in [-0.39, 0.29) is 35.3 Å². The molecule has 214 valence electrons. The summed E-state index contributed by atoms with van der Waals surface area (Å²) in [6, 6.07) is 7.84. The van der Waals surface area contributed by atoms with Gasteiger partial charge in [0.15, 0.2) is 0 Å². The van der Waals surface area contributed by atoms with Crippen LogP contribution in [0.25, 0.3) is 16.8 Å². The Bertz CT molecular complexity index is 1370. The van der Waals surface area contributed by atoms with Crippen molar-refractivity contribution in [3.05, 3.63) is 60.0 Å². The first-order chi connectivity index (χ1) is 19.2. The predicted molar refractivity (Wildman–Crippen MR) is 144 cm³/mol. The van der Waals surface area contributed by atoms with E-state index in [1.165, 1.54) is 12.1 Å². The Morgan fingerprint density at radius 2 is 1.82 bits per heavy atom. The van der Waals surface area contributed by atoms with Crippen LogP contribution in [0.1, 0.15) is 63.3 Å². The third-order valence-corrected chi connectivity index (χ3v) is 8.26. The maximum atomic E-state index is 14.0. The minimum atomic E-state index is -4.51. The van der Waals surface area contributed by atoms with Crippen molar-refractivity contribution in [2.45, 2.75) is 64.2 Å². The highest BCUT2D eigenvalue weighted by molar-refractivity contribution is 5.89. The number of nitrogens with zero attached hydrogens (tertiary/aromatic N) is 3. The van der Waals surface area contributed by atoms with Gasteiger partial charge >= 0.3 is 6.18 Å². The van der Waals surface area contributed by atoms with Crippen LogP contribution in [0.5, 0.6) is 0 Å². The number of rotatable bonds is 7. The second kappa shape index (κ2) is 11.6. The fourth-order valence-electron chi connectivity index (χ4n) is 5.80. The van der Waals surface area contributed by atoms with E-state index in [1.54, 1.807) is 39.9 Å². The zero-order valence-electron chi connectivity index (χ0n) is 22.8. The Labute approximate surface area is 231 Å². The summed E-state index contributed by atoms with van der Waals surface area (Å²) >= 11 is 0. The number of amides is 2. The quantitative estimate of drug-likeness (QED) is 0.409. The molecule has 5 rings (SSSR count). The number of fused-ring (bicyclic) bond motifs is 1. The zero-order valence-corrected chi connectivity index (χ0v) is 22.8. The normalized spacial score (nSPS) is 20.0. The summed E-state index contributed by atoms with van der Waals surface area (Å²) in [6.07, 6.45) is 2.55. The monoisotopic (exact) mass is 556 g/mol. The van der Waals surface area contributed by atoms with Gasteiger partial charge < -0.3 is 19.4 Å². The van der Waals surface area contributed by atoms with E-state index in [2.05, 4.69) is 5.32 Å². The van der Waals surface area contributed by atoms with Crippen LogP contribution >= 0.6 is 0 Å². The minimum Gasteiger partial charge on any atom is -0.381 e. The Morgan fingerprint density at radius 3 is 2.55 bits per heavy atom. The number of benzene rings is 1. The number of hydrogen-bond donors (Lipinski definition) is 1. The largest absolute Gasteiger partial charge is 0.417 e. The Morgan fingerprint density at radius 1 is 1.10 bits per heavy atom. The van der Waals surface area contributed by atoms with Gasteiger partial charge in [0, 0.05) is 43.6 Å². The Balaban J connectivity index is 1.47. The van der Waals surface area contributed by atoms with Gasteiger partial charge in [0.05, 0.1) is 17.3 Å². The Kier molecular flexibility index (Phi) is 8.16. The molecule has 3 atom stereocenters. The van der Waals surface area contributed by atoms with Crippen LogP contribution in [-0.4, -0.2) is 51.9 Å². The molecule has 2 fully saturated rings. The fraction of sp³-hybridized carbons (Fsp3) is 0.500. The number of carbonyl (C=O) groups is 2. The second-order valence-corrected chi connectivity index (χ2v) is 10.8. The molecule has 2 saturated heterocycles. The molecule has 10 heteroatoms. The summed E-state index contributed by atoms with van der Waals surface area (Å²) < 4.78 is 48.7. The molecule has 3 aromatic rings. The lowest BCUT2D eigenvalue weighted by atomic mass is 9.90. The molecule has 0 unspecified atom stereocenters. The van der Waals surface area contributed by atoms with Crippen LogP contribution in [0.3, 0.4) is 0 Å². The molecule has 2 aliphatic rings. The van der Waals surface area contributed by atoms with Crippen molar-refractivity contribution < 1.29 is 27.5 Å². The molecule has 0 spiro atoms. The van der Waals surface area contributed by atoms with Gasteiger partial charge in [-0.3, -0.25) is 9.59 Å². The fourth-order valence-corrected chi connectivity index (χ4v) is 5.80. The van der Waals surface area contributed by atoms with Crippen LogP contribution in [-0.2, 0) is 20.5 Å². The summed E-state index contributed by atoms with van der Waals surface area (Å²) in [7, 11) is 0.